The monoisotopic (exact) mass is 213 g/mol. The van der Waals surface area contributed by atoms with Gasteiger partial charge < -0.3 is 5.73 Å². The summed E-state index contributed by atoms with van der Waals surface area (Å²) in [5.41, 5.74) is 6.79. The van der Waals surface area contributed by atoms with Gasteiger partial charge in [-0.2, -0.15) is 0 Å². The molecule has 14 heavy (non-hydrogen) atoms. The first kappa shape index (κ1) is 9.94. The summed E-state index contributed by atoms with van der Waals surface area (Å²) in [5.74, 6) is -0.0648. The predicted octanol–water partition coefficient (Wildman–Crippen LogP) is 2.93. The largest absolute Gasteiger partial charge is 0.327 e. The predicted molar refractivity (Wildman–Crippen MR) is 55.9 cm³/mol. The highest BCUT2D eigenvalue weighted by Gasteiger charge is 2.56. The fourth-order valence-electron chi connectivity index (χ4n) is 2.02. The van der Waals surface area contributed by atoms with Crippen LogP contribution >= 0.6 is 11.6 Å². The molecule has 0 bridgehead atoms. The van der Waals surface area contributed by atoms with Gasteiger partial charge >= 0.3 is 0 Å². The molecule has 0 radical (unpaired) electrons. The molecule has 0 spiro atoms. The average Bonchev–Trinajstić information content (AvgIpc) is 2.58. The Hall–Kier alpha value is -0.600. The summed E-state index contributed by atoms with van der Waals surface area (Å²) in [6.45, 7) is 4.15. The quantitative estimate of drug-likeness (QED) is 0.763. The van der Waals surface area contributed by atoms with Crippen LogP contribution in [0, 0.1) is 11.2 Å². The molecule has 2 atom stereocenters. The molecule has 0 amide bonds. The Bertz CT molecular complexity index is 376. The number of hydrogen-bond donors (Lipinski definition) is 1. The lowest BCUT2D eigenvalue weighted by molar-refractivity contribution is 0.594. The third kappa shape index (κ3) is 1.33. The van der Waals surface area contributed by atoms with Gasteiger partial charge in [0.2, 0.25) is 0 Å². The van der Waals surface area contributed by atoms with Crippen molar-refractivity contribution in [2.75, 3.05) is 0 Å². The standard InChI is InChI=1S/C11H13ClFN/c1-11(2)9(10(11)14)7-5-6(13)3-4-8(7)12/h3-5,9-10H,14H2,1-2H3/t9-,10-/m0/s1. The first-order valence-corrected chi connectivity index (χ1v) is 5.03. The lowest BCUT2D eigenvalue weighted by Gasteiger charge is -2.05. The molecule has 1 saturated carbocycles. The summed E-state index contributed by atoms with van der Waals surface area (Å²) >= 11 is 6.00. The summed E-state index contributed by atoms with van der Waals surface area (Å²) in [6.07, 6.45) is 0. The van der Waals surface area contributed by atoms with Crippen molar-refractivity contribution in [2.45, 2.75) is 25.8 Å². The fraction of sp³-hybridized carbons (Fsp3) is 0.455. The molecule has 1 aromatic carbocycles. The highest BCUT2D eigenvalue weighted by Crippen LogP contribution is 2.58. The highest BCUT2D eigenvalue weighted by atomic mass is 35.5. The Morgan fingerprint density at radius 1 is 1.43 bits per heavy atom. The van der Waals surface area contributed by atoms with Crippen LogP contribution in [-0.4, -0.2) is 6.04 Å². The zero-order valence-corrected chi connectivity index (χ0v) is 8.98. The normalized spacial score (nSPS) is 28.9. The average molecular weight is 214 g/mol. The number of nitrogens with two attached hydrogens (primary N) is 1. The Labute approximate surface area is 88.1 Å². The summed E-state index contributed by atoms with van der Waals surface area (Å²) < 4.78 is 13.0. The summed E-state index contributed by atoms with van der Waals surface area (Å²) in [7, 11) is 0. The molecule has 0 saturated heterocycles. The van der Waals surface area contributed by atoms with Crippen LogP contribution < -0.4 is 5.73 Å². The third-order valence-electron chi connectivity index (χ3n) is 3.20. The van der Waals surface area contributed by atoms with Gasteiger partial charge in [0, 0.05) is 17.0 Å². The van der Waals surface area contributed by atoms with Crippen molar-refractivity contribution in [2.24, 2.45) is 11.1 Å². The Morgan fingerprint density at radius 3 is 2.50 bits per heavy atom. The van der Waals surface area contributed by atoms with Crippen molar-refractivity contribution in [1.29, 1.82) is 0 Å². The summed E-state index contributed by atoms with van der Waals surface area (Å²) in [6, 6.07) is 4.53. The molecule has 1 fully saturated rings. The molecule has 1 aliphatic carbocycles. The van der Waals surface area contributed by atoms with E-state index >= 15 is 0 Å². The molecule has 0 aliphatic heterocycles. The molecule has 2 N–H and O–H groups in total. The van der Waals surface area contributed by atoms with E-state index in [0.29, 0.717) is 5.02 Å². The van der Waals surface area contributed by atoms with Crippen LogP contribution in [0.1, 0.15) is 25.3 Å². The number of hydrogen-bond acceptors (Lipinski definition) is 1. The molecular weight excluding hydrogens is 201 g/mol. The van der Waals surface area contributed by atoms with E-state index in [0.717, 1.165) is 5.56 Å². The van der Waals surface area contributed by atoms with E-state index in [1.54, 1.807) is 6.07 Å². The minimum absolute atomic E-state index is 0.0391. The van der Waals surface area contributed by atoms with Gasteiger partial charge in [0.05, 0.1) is 0 Å². The molecule has 2 rings (SSSR count). The van der Waals surface area contributed by atoms with Crippen molar-refractivity contribution in [3.63, 3.8) is 0 Å². The summed E-state index contributed by atoms with van der Waals surface area (Å²) in [5, 5.41) is 0.609. The van der Waals surface area contributed by atoms with Crippen molar-refractivity contribution >= 4 is 11.6 Å². The van der Waals surface area contributed by atoms with Gasteiger partial charge in [0.1, 0.15) is 5.82 Å². The van der Waals surface area contributed by atoms with Crippen molar-refractivity contribution in [3.05, 3.63) is 34.6 Å². The Kier molecular flexibility index (Phi) is 2.09. The van der Waals surface area contributed by atoms with E-state index in [9.17, 15) is 4.39 Å². The zero-order valence-electron chi connectivity index (χ0n) is 8.22. The number of rotatable bonds is 1. The van der Waals surface area contributed by atoms with Crippen LogP contribution in [0.15, 0.2) is 18.2 Å². The molecule has 76 valence electrons. The maximum Gasteiger partial charge on any atom is 0.123 e. The topological polar surface area (TPSA) is 26.0 Å². The number of halogens is 2. The molecule has 1 aromatic rings. The molecule has 0 heterocycles. The SMILES string of the molecule is CC1(C)[C@@H](N)[C@@H]1c1cc(F)ccc1Cl. The molecule has 3 heteroatoms. The van der Waals surface area contributed by atoms with Gasteiger partial charge in [0.15, 0.2) is 0 Å². The van der Waals surface area contributed by atoms with Gasteiger partial charge in [-0.25, -0.2) is 4.39 Å². The lowest BCUT2D eigenvalue weighted by Crippen LogP contribution is -2.06. The van der Waals surface area contributed by atoms with Crippen LogP contribution in [0.25, 0.3) is 0 Å². The summed E-state index contributed by atoms with van der Waals surface area (Å²) in [4.78, 5) is 0. The molecular formula is C11H13ClFN. The zero-order chi connectivity index (χ0) is 10.5. The molecule has 0 unspecified atom stereocenters. The smallest absolute Gasteiger partial charge is 0.123 e. The first-order valence-electron chi connectivity index (χ1n) is 4.65. The van der Waals surface area contributed by atoms with Gasteiger partial charge in [-0.1, -0.05) is 25.4 Å². The van der Waals surface area contributed by atoms with E-state index in [-0.39, 0.29) is 23.2 Å². The van der Waals surface area contributed by atoms with Crippen LogP contribution in [0.4, 0.5) is 4.39 Å². The van der Waals surface area contributed by atoms with Gasteiger partial charge in [-0.3, -0.25) is 0 Å². The molecule has 1 nitrogen and oxygen atoms in total. The highest BCUT2D eigenvalue weighted by molar-refractivity contribution is 6.31. The van der Waals surface area contributed by atoms with Crippen molar-refractivity contribution in [1.82, 2.24) is 0 Å². The van der Waals surface area contributed by atoms with E-state index < -0.39 is 0 Å². The van der Waals surface area contributed by atoms with E-state index in [4.69, 9.17) is 17.3 Å². The van der Waals surface area contributed by atoms with Gasteiger partial charge in [0.25, 0.3) is 0 Å². The van der Waals surface area contributed by atoms with Gasteiger partial charge in [-0.05, 0) is 29.2 Å². The third-order valence-corrected chi connectivity index (χ3v) is 3.55. The minimum Gasteiger partial charge on any atom is -0.327 e. The maximum absolute atomic E-state index is 13.0. The first-order chi connectivity index (χ1) is 6.44. The lowest BCUT2D eigenvalue weighted by atomic mass is 10.0. The van der Waals surface area contributed by atoms with E-state index in [2.05, 4.69) is 13.8 Å². The van der Waals surface area contributed by atoms with E-state index in [1.807, 2.05) is 0 Å². The molecule has 0 aromatic heterocycles. The van der Waals surface area contributed by atoms with Crippen LogP contribution in [-0.2, 0) is 0 Å². The number of benzene rings is 1. The second kappa shape index (κ2) is 2.94. The second-order valence-electron chi connectivity index (χ2n) is 4.49. The van der Waals surface area contributed by atoms with Crippen LogP contribution in [0.2, 0.25) is 5.02 Å². The fourth-order valence-corrected chi connectivity index (χ4v) is 2.26. The molecule has 1 aliphatic rings. The Morgan fingerprint density at radius 2 is 2.00 bits per heavy atom. The van der Waals surface area contributed by atoms with Crippen molar-refractivity contribution in [3.8, 4) is 0 Å². The van der Waals surface area contributed by atoms with E-state index in [1.165, 1.54) is 12.1 Å². The van der Waals surface area contributed by atoms with Gasteiger partial charge in [-0.15, -0.1) is 0 Å². The van der Waals surface area contributed by atoms with Crippen molar-refractivity contribution < 1.29 is 4.39 Å². The minimum atomic E-state index is -0.251. The Balaban J connectivity index is 2.39. The second-order valence-corrected chi connectivity index (χ2v) is 4.90. The van der Waals surface area contributed by atoms with Crippen LogP contribution in [0.3, 0.4) is 0 Å². The van der Waals surface area contributed by atoms with Crippen LogP contribution in [0.5, 0.6) is 0 Å². The maximum atomic E-state index is 13.0.